The lowest BCUT2D eigenvalue weighted by molar-refractivity contribution is -0.146. The van der Waals surface area contributed by atoms with Crippen molar-refractivity contribution in [3.8, 4) is 0 Å². The van der Waals surface area contributed by atoms with E-state index in [-0.39, 0.29) is 40.5 Å². The van der Waals surface area contributed by atoms with Crippen LogP contribution in [0.15, 0.2) is 0 Å². The van der Waals surface area contributed by atoms with Gasteiger partial charge < -0.3 is 9.64 Å². The quantitative estimate of drug-likeness (QED) is 0.718. The normalized spacial score (nSPS) is 32.2. The van der Waals surface area contributed by atoms with Crippen LogP contribution in [0, 0.1) is 28.6 Å². The van der Waals surface area contributed by atoms with Crippen LogP contribution in [0.4, 0.5) is 0 Å². The Kier molecular flexibility index (Phi) is 3.19. The predicted molar refractivity (Wildman–Crippen MR) is 72.3 cm³/mol. The molecule has 108 valence electrons. The second-order valence-electron chi connectivity index (χ2n) is 7.23. The SMILES string of the molecule is COC(=O)C1CN(C(=O)C2C(C)(C)C2(C)C)CC1C. The molecule has 2 fully saturated rings. The number of ether oxygens (including phenoxy) is 1. The van der Waals surface area contributed by atoms with Crippen molar-refractivity contribution in [1.29, 1.82) is 0 Å². The van der Waals surface area contributed by atoms with Gasteiger partial charge in [-0.1, -0.05) is 34.6 Å². The minimum atomic E-state index is -0.197. The molecule has 4 heteroatoms. The Morgan fingerprint density at radius 1 is 1.11 bits per heavy atom. The van der Waals surface area contributed by atoms with E-state index in [2.05, 4.69) is 27.7 Å². The second-order valence-corrected chi connectivity index (χ2v) is 7.23. The smallest absolute Gasteiger partial charge is 0.310 e. The van der Waals surface area contributed by atoms with Gasteiger partial charge in [-0.3, -0.25) is 9.59 Å². The molecule has 1 saturated carbocycles. The first-order valence-electron chi connectivity index (χ1n) is 7.01. The van der Waals surface area contributed by atoms with Gasteiger partial charge in [-0.15, -0.1) is 0 Å². The molecule has 4 nitrogen and oxygen atoms in total. The van der Waals surface area contributed by atoms with Crippen molar-refractivity contribution in [2.45, 2.75) is 34.6 Å². The third kappa shape index (κ3) is 1.96. The summed E-state index contributed by atoms with van der Waals surface area (Å²) in [7, 11) is 1.41. The van der Waals surface area contributed by atoms with E-state index in [1.807, 2.05) is 11.8 Å². The molecule has 2 aliphatic rings. The van der Waals surface area contributed by atoms with Crippen LogP contribution in [-0.4, -0.2) is 37.0 Å². The van der Waals surface area contributed by atoms with E-state index in [1.165, 1.54) is 7.11 Å². The molecule has 0 radical (unpaired) electrons. The van der Waals surface area contributed by atoms with E-state index in [0.29, 0.717) is 13.1 Å². The van der Waals surface area contributed by atoms with Gasteiger partial charge in [0.2, 0.25) is 5.91 Å². The highest BCUT2D eigenvalue weighted by Gasteiger charge is 2.69. The third-order valence-electron chi connectivity index (χ3n) is 5.70. The number of esters is 1. The van der Waals surface area contributed by atoms with E-state index in [1.54, 1.807) is 0 Å². The van der Waals surface area contributed by atoms with Crippen molar-refractivity contribution in [2.24, 2.45) is 28.6 Å². The van der Waals surface area contributed by atoms with Crippen LogP contribution in [0.5, 0.6) is 0 Å². The molecule has 0 spiro atoms. The molecule has 0 aromatic heterocycles. The van der Waals surface area contributed by atoms with Gasteiger partial charge in [-0.2, -0.15) is 0 Å². The van der Waals surface area contributed by atoms with Gasteiger partial charge in [0.25, 0.3) is 0 Å². The van der Waals surface area contributed by atoms with Crippen LogP contribution >= 0.6 is 0 Å². The second kappa shape index (κ2) is 4.22. The largest absolute Gasteiger partial charge is 0.469 e. The van der Waals surface area contributed by atoms with Crippen molar-refractivity contribution in [3.05, 3.63) is 0 Å². The maximum absolute atomic E-state index is 12.6. The van der Waals surface area contributed by atoms with Gasteiger partial charge in [-0.05, 0) is 16.7 Å². The molecule has 1 heterocycles. The average Bonchev–Trinajstić information content (AvgIpc) is 2.64. The zero-order chi connectivity index (χ0) is 14.6. The fourth-order valence-corrected chi connectivity index (χ4v) is 3.60. The highest BCUT2D eigenvalue weighted by atomic mass is 16.5. The lowest BCUT2D eigenvalue weighted by Gasteiger charge is -2.17. The van der Waals surface area contributed by atoms with Crippen molar-refractivity contribution >= 4 is 11.9 Å². The number of hydrogen-bond acceptors (Lipinski definition) is 3. The zero-order valence-electron chi connectivity index (χ0n) is 12.8. The third-order valence-corrected chi connectivity index (χ3v) is 5.70. The fourth-order valence-electron chi connectivity index (χ4n) is 3.60. The number of amides is 1. The zero-order valence-corrected chi connectivity index (χ0v) is 12.8. The molecule has 2 atom stereocenters. The van der Waals surface area contributed by atoms with Crippen molar-refractivity contribution < 1.29 is 14.3 Å². The van der Waals surface area contributed by atoms with Gasteiger partial charge in [0.15, 0.2) is 0 Å². The number of methoxy groups -OCH3 is 1. The molecule has 1 aliphatic heterocycles. The Labute approximate surface area is 115 Å². The number of nitrogens with zero attached hydrogens (tertiary/aromatic N) is 1. The lowest BCUT2D eigenvalue weighted by atomic mass is 9.99. The standard InChI is InChI=1S/C15H25NO3/c1-9-7-16(8-10(9)13(18)19-6)12(17)11-14(2,3)15(11,4)5/h9-11H,7-8H2,1-6H3. The molecular formula is C15H25NO3. The summed E-state index contributed by atoms with van der Waals surface area (Å²) in [6, 6.07) is 0. The average molecular weight is 267 g/mol. The number of hydrogen-bond donors (Lipinski definition) is 0. The maximum atomic E-state index is 12.6. The molecule has 0 aromatic carbocycles. The highest BCUT2D eigenvalue weighted by Crippen LogP contribution is 2.68. The Morgan fingerprint density at radius 2 is 1.63 bits per heavy atom. The van der Waals surface area contributed by atoms with Crippen LogP contribution in [0.3, 0.4) is 0 Å². The van der Waals surface area contributed by atoms with Gasteiger partial charge in [-0.25, -0.2) is 0 Å². The van der Waals surface area contributed by atoms with Crippen LogP contribution in [0.1, 0.15) is 34.6 Å². The predicted octanol–water partition coefficient (Wildman–Crippen LogP) is 1.94. The molecule has 1 saturated heterocycles. The number of rotatable bonds is 2. The summed E-state index contributed by atoms with van der Waals surface area (Å²) in [6.45, 7) is 11.8. The summed E-state index contributed by atoms with van der Waals surface area (Å²) < 4.78 is 4.81. The van der Waals surface area contributed by atoms with Crippen LogP contribution in [0.25, 0.3) is 0 Å². The molecule has 0 aromatic rings. The Hall–Kier alpha value is -1.06. The van der Waals surface area contributed by atoms with Crippen molar-refractivity contribution in [2.75, 3.05) is 20.2 Å². The lowest BCUT2D eigenvalue weighted by Crippen LogP contribution is -2.33. The van der Waals surface area contributed by atoms with Crippen LogP contribution < -0.4 is 0 Å². The fraction of sp³-hybridized carbons (Fsp3) is 0.867. The van der Waals surface area contributed by atoms with Gasteiger partial charge in [0, 0.05) is 19.0 Å². The highest BCUT2D eigenvalue weighted by molar-refractivity contribution is 5.85. The summed E-state index contributed by atoms with van der Waals surface area (Å²) in [5.74, 6) is 0.0919. The van der Waals surface area contributed by atoms with Crippen LogP contribution in [0.2, 0.25) is 0 Å². The van der Waals surface area contributed by atoms with Crippen molar-refractivity contribution in [1.82, 2.24) is 4.90 Å². The van der Waals surface area contributed by atoms with Gasteiger partial charge >= 0.3 is 5.97 Å². The van der Waals surface area contributed by atoms with Gasteiger partial charge in [0.1, 0.15) is 0 Å². The summed E-state index contributed by atoms with van der Waals surface area (Å²) in [4.78, 5) is 26.1. The minimum Gasteiger partial charge on any atom is -0.469 e. The van der Waals surface area contributed by atoms with E-state index >= 15 is 0 Å². The molecule has 2 rings (SSSR count). The first-order valence-corrected chi connectivity index (χ1v) is 7.01. The van der Waals surface area contributed by atoms with E-state index in [0.717, 1.165) is 0 Å². The molecule has 2 unspecified atom stereocenters. The monoisotopic (exact) mass is 267 g/mol. The Balaban J connectivity index is 2.06. The minimum absolute atomic E-state index is 0.0523. The summed E-state index contributed by atoms with van der Waals surface area (Å²) >= 11 is 0. The Morgan fingerprint density at radius 3 is 2.05 bits per heavy atom. The van der Waals surface area contributed by atoms with Crippen molar-refractivity contribution in [3.63, 3.8) is 0 Å². The molecule has 0 N–H and O–H groups in total. The number of likely N-dealkylation sites (tertiary alicyclic amines) is 1. The maximum Gasteiger partial charge on any atom is 0.310 e. The summed E-state index contributed by atoms with van der Waals surface area (Å²) in [6.07, 6.45) is 0. The molecule has 0 bridgehead atoms. The van der Waals surface area contributed by atoms with Crippen LogP contribution in [-0.2, 0) is 14.3 Å². The first kappa shape index (κ1) is 14.4. The molecule has 1 amide bonds. The van der Waals surface area contributed by atoms with E-state index in [9.17, 15) is 9.59 Å². The summed E-state index contributed by atoms with van der Waals surface area (Å²) in [5, 5.41) is 0. The van der Waals surface area contributed by atoms with Gasteiger partial charge in [0.05, 0.1) is 13.0 Å². The topological polar surface area (TPSA) is 46.6 Å². The summed E-state index contributed by atoms with van der Waals surface area (Å²) in [5.41, 5.74) is 0.105. The molecule has 1 aliphatic carbocycles. The molecule has 19 heavy (non-hydrogen) atoms. The van der Waals surface area contributed by atoms with E-state index in [4.69, 9.17) is 4.74 Å². The first-order chi connectivity index (χ1) is 8.64. The number of carbonyl (C=O) groups is 2. The Bertz CT molecular complexity index is 400. The van der Waals surface area contributed by atoms with E-state index < -0.39 is 0 Å². The molecular weight excluding hydrogens is 242 g/mol. The number of carbonyl (C=O) groups excluding carboxylic acids is 2.